The molecule has 1 aromatic heterocycles. The van der Waals surface area contributed by atoms with Gasteiger partial charge in [-0.15, -0.1) is 0 Å². The summed E-state index contributed by atoms with van der Waals surface area (Å²) in [5.74, 6) is -0.0826. The molecule has 0 bridgehead atoms. The summed E-state index contributed by atoms with van der Waals surface area (Å²) < 4.78 is 36.7. The van der Waals surface area contributed by atoms with E-state index in [-0.39, 0.29) is 24.0 Å². The van der Waals surface area contributed by atoms with Crippen LogP contribution in [0.5, 0.6) is 11.5 Å². The number of alkyl halides is 2. The zero-order chi connectivity index (χ0) is 21.7. The minimum absolute atomic E-state index is 0.0400. The van der Waals surface area contributed by atoms with E-state index in [9.17, 15) is 13.6 Å². The van der Waals surface area contributed by atoms with Gasteiger partial charge in [0.15, 0.2) is 17.2 Å². The number of halogens is 2. The van der Waals surface area contributed by atoms with Crippen molar-refractivity contribution >= 4 is 5.91 Å². The third-order valence-corrected chi connectivity index (χ3v) is 4.40. The number of para-hydroxylation sites is 1. The summed E-state index contributed by atoms with van der Waals surface area (Å²) in [5, 5.41) is 4.43. The number of carbonyl (C=O) groups is 1. The number of aryl methyl sites for hydroxylation is 1. The number of aromatic nitrogens is 2. The van der Waals surface area contributed by atoms with Crippen LogP contribution >= 0.6 is 0 Å². The van der Waals surface area contributed by atoms with Crippen molar-refractivity contribution in [3.63, 3.8) is 0 Å². The number of ether oxygens (including phenoxy) is 2. The van der Waals surface area contributed by atoms with Crippen molar-refractivity contribution in [2.45, 2.75) is 27.0 Å². The topological polar surface area (TPSA) is 56.6 Å². The summed E-state index contributed by atoms with van der Waals surface area (Å²) in [6.45, 7) is 1.24. The summed E-state index contributed by atoms with van der Waals surface area (Å²) in [4.78, 5) is 14.4. The Balaban J connectivity index is 1.77. The Morgan fingerprint density at radius 2 is 1.87 bits per heavy atom. The number of rotatable bonds is 8. The lowest BCUT2D eigenvalue weighted by atomic mass is 10.2. The lowest BCUT2D eigenvalue weighted by Crippen LogP contribution is -2.26. The van der Waals surface area contributed by atoms with E-state index in [1.54, 1.807) is 36.9 Å². The van der Waals surface area contributed by atoms with Gasteiger partial charge in [-0.05, 0) is 49.7 Å². The molecule has 3 rings (SSSR count). The van der Waals surface area contributed by atoms with Crippen molar-refractivity contribution < 1.29 is 23.0 Å². The summed E-state index contributed by atoms with van der Waals surface area (Å²) in [7, 11) is 1.66. The molecule has 6 nitrogen and oxygen atoms in total. The van der Waals surface area contributed by atoms with Crippen LogP contribution in [0.4, 0.5) is 8.78 Å². The van der Waals surface area contributed by atoms with Crippen molar-refractivity contribution in [2.75, 3.05) is 13.7 Å². The Labute approximate surface area is 173 Å². The second-order valence-corrected chi connectivity index (χ2v) is 6.67. The molecule has 8 heteroatoms. The number of amides is 1. The van der Waals surface area contributed by atoms with Gasteiger partial charge in [-0.2, -0.15) is 13.9 Å². The fourth-order valence-corrected chi connectivity index (χ4v) is 3.06. The molecule has 0 atom stereocenters. The van der Waals surface area contributed by atoms with Gasteiger partial charge in [0.05, 0.1) is 12.3 Å². The van der Waals surface area contributed by atoms with Crippen LogP contribution in [0.2, 0.25) is 0 Å². The van der Waals surface area contributed by atoms with Gasteiger partial charge in [0.1, 0.15) is 0 Å². The minimum atomic E-state index is -2.94. The second kappa shape index (κ2) is 9.39. The van der Waals surface area contributed by atoms with Gasteiger partial charge in [-0.3, -0.25) is 4.79 Å². The molecule has 1 amide bonds. The molecule has 0 spiro atoms. The molecule has 0 saturated heterocycles. The standard InChI is InChI=1S/C22H23F2N3O3/c1-4-29-20-13-16(10-11-19(20)30-22(23)24)14-26(3)21(28)18-12-15(2)27(25-18)17-8-6-5-7-9-17/h5-13,22H,4,14H2,1-3H3. The summed E-state index contributed by atoms with van der Waals surface area (Å²) in [5.41, 5.74) is 2.74. The van der Waals surface area contributed by atoms with E-state index in [2.05, 4.69) is 9.84 Å². The SMILES string of the molecule is CCOc1cc(CN(C)C(=O)c2cc(C)n(-c3ccccc3)n2)ccc1OC(F)F. The molecule has 158 valence electrons. The molecule has 0 aliphatic heterocycles. The van der Waals surface area contributed by atoms with E-state index in [4.69, 9.17) is 4.74 Å². The lowest BCUT2D eigenvalue weighted by molar-refractivity contribution is -0.0514. The number of hydrogen-bond donors (Lipinski definition) is 0. The van der Waals surface area contributed by atoms with Gasteiger partial charge < -0.3 is 14.4 Å². The first-order valence-electron chi connectivity index (χ1n) is 9.47. The van der Waals surface area contributed by atoms with Crippen LogP contribution in [-0.2, 0) is 6.54 Å². The molecular weight excluding hydrogens is 392 g/mol. The van der Waals surface area contributed by atoms with Gasteiger partial charge in [-0.1, -0.05) is 24.3 Å². The van der Waals surface area contributed by atoms with Crippen LogP contribution in [-0.4, -0.2) is 40.9 Å². The largest absolute Gasteiger partial charge is 0.490 e. The molecule has 2 aromatic carbocycles. The molecule has 0 N–H and O–H groups in total. The Bertz CT molecular complexity index is 1010. The molecular formula is C22H23F2N3O3. The van der Waals surface area contributed by atoms with Crippen LogP contribution in [0.1, 0.15) is 28.7 Å². The highest BCUT2D eigenvalue weighted by Crippen LogP contribution is 2.30. The van der Waals surface area contributed by atoms with E-state index < -0.39 is 6.61 Å². The molecule has 30 heavy (non-hydrogen) atoms. The van der Waals surface area contributed by atoms with E-state index in [1.807, 2.05) is 37.3 Å². The quantitative estimate of drug-likeness (QED) is 0.545. The van der Waals surface area contributed by atoms with Crippen molar-refractivity contribution in [1.82, 2.24) is 14.7 Å². The van der Waals surface area contributed by atoms with Crippen LogP contribution in [0, 0.1) is 6.92 Å². The fourth-order valence-electron chi connectivity index (χ4n) is 3.06. The first-order valence-corrected chi connectivity index (χ1v) is 9.47. The van der Waals surface area contributed by atoms with Crippen molar-refractivity contribution in [2.24, 2.45) is 0 Å². The zero-order valence-corrected chi connectivity index (χ0v) is 17.0. The lowest BCUT2D eigenvalue weighted by Gasteiger charge is -2.18. The average molecular weight is 415 g/mol. The highest BCUT2D eigenvalue weighted by Gasteiger charge is 2.19. The summed E-state index contributed by atoms with van der Waals surface area (Å²) >= 11 is 0. The highest BCUT2D eigenvalue weighted by atomic mass is 19.3. The average Bonchev–Trinajstić information content (AvgIpc) is 3.11. The van der Waals surface area contributed by atoms with Crippen LogP contribution < -0.4 is 9.47 Å². The van der Waals surface area contributed by atoms with Gasteiger partial charge in [0.25, 0.3) is 5.91 Å². The van der Waals surface area contributed by atoms with Crippen LogP contribution in [0.15, 0.2) is 54.6 Å². The smallest absolute Gasteiger partial charge is 0.387 e. The van der Waals surface area contributed by atoms with Crippen molar-refractivity contribution in [1.29, 1.82) is 0 Å². The number of nitrogens with zero attached hydrogens (tertiary/aromatic N) is 3. The molecule has 1 heterocycles. The number of hydrogen-bond acceptors (Lipinski definition) is 4. The monoisotopic (exact) mass is 415 g/mol. The zero-order valence-electron chi connectivity index (χ0n) is 17.0. The summed E-state index contributed by atoms with van der Waals surface area (Å²) in [6.07, 6.45) is 0. The van der Waals surface area contributed by atoms with E-state index >= 15 is 0 Å². The Hall–Kier alpha value is -3.42. The maximum atomic E-state index is 12.9. The van der Waals surface area contributed by atoms with Crippen LogP contribution in [0.25, 0.3) is 5.69 Å². The molecule has 3 aromatic rings. The fraction of sp³-hybridized carbons (Fsp3) is 0.273. The highest BCUT2D eigenvalue weighted by molar-refractivity contribution is 5.92. The Morgan fingerprint density at radius 3 is 2.53 bits per heavy atom. The van der Waals surface area contributed by atoms with E-state index in [0.29, 0.717) is 12.3 Å². The van der Waals surface area contributed by atoms with Crippen LogP contribution in [0.3, 0.4) is 0 Å². The third-order valence-electron chi connectivity index (χ3n) is 4.40. The van der Waals surface area contributed by atoms with E-state index in [1.165, 1.54) is 11.0 Å². The van der Waals surface area contributed by atoms with Gasteiger partial charge in [-0.25, -0.2) is 4.68 Å². The molecule has 0 aliphatic rings. The molecule has 0 radical (unpaired) electrons. The predicted octanol–water partition coefficient (Wildman–Crippen LogP) is 4.45. The second-order valence-electron chi connectivity index (χ2n) is 6.67. The maximum absolute atomic E-state index is 12.9. The Morgan fingerprint density at radius 1 is 1.13 bits per heavy atom. The number of benzene rings is 2. The maximum Gasteiger partial charge on any atom is 0.387 e. The first kappa shape index (κ1) is 21.3. The molecule has 0 saturated carbocycles. The molecule has 0 aliphatic carbocycles. The molecule has 0 fully saturated rings. The van der Waals surface area contributed by atoms with E-state index in [0.717, 1.165) is 16.9 Å². The van der Waals surface area contributed by atoms with Gasteiger partial charge in [0.2, 0.25) is 0 Å². The molecule has 0 unspecified atom stereocenters. The Kier molecular flexibility index (Phi) is 6.66. The van der Waals surface area contributed by atoms with Crippen molar-refractivity contribution in [3.05, 3.63) is 71.5 Å². The predicted molar refractivity (Wildman–Crippen MR) is 108 cm³/mol. The van der Waals surface area contributed by atoms with Gasteiger partial charge >= 0.3 is 6.61 Å². The third kappa shape index (κ3) is 4.94. The normalized spacial score (nSPS) is 10.9. The summed E-state index contributed by atoms with van der Waals surface area (Å²) in [6, 6.07) is 15.9. The number of carbonyl (C=O) groups excluding carboxylic acids is 1. The van der Waals surface area contributed by atoms with Gasteiger partial charge in [0, 0.05) is 19.3 Å². The van der Waals surface area contributed by atoms with Crippen molar-refractivity contribution in [3.8, 4) is 17.2 Å². The first-order chi connectivity index (χ1) is 14.4. The minimum Gasteiger partial charge on any atom is -0.490 e.